The third-order valence-electron chi connectivity index (χ3n) is 9.24. The Morgan fingerprint density at radius 1 is 0.478 bits per heavy atom. The van der Waals surface area contributed by atoms with Crippen LogP contribution in [0.4, 0.5) is 0 Å². The van der Waals surface area contributed by atoms with E-state index < -0.39 is 0 Å². The zero-order valence-corrected chi connectivity index (χ0v) is 26.0. The first-order valence-corrected chi connectivity index (χ1v) is 16.5. The van der Waals surface area contributed by atoms with Crippen LogP contribution in [0.25, 0.3) is 72.2 Å². The third-order valence-corrected chi connectivity index (χ3v) is 10.1. The van der Waals surface area contributed by atoms with Crippen molar-refractivity contribution in [3.63, 3.8) is 0 Å². The van der Waals surface area contributed by atoms with Gasteiger partial charge in [-0.15, -0.1) is 0 Å². The maximum atomic E-state index is 4.54. The highest BCUT2D eigenvalue weighted by Crippen LogP contribution is 2.40. The maximum absolute atomic E-state index is 4.54. The molecule has 1 aliphatic heterocycles. The number of hydrogen-bond acceptors (Lipinski definition) is 1. The summed E-state index contributed by atoms with van der Waals surface area (Å²) in [6.45, 7) is 4.54. The highest BCUT2D eigenvalue weighted by Gasteiger charge is 2.17. The van der Waals surface area contributed by atoms with Crippen molar-refractivity contribution in [1.29, 1.82) is 0 Å². The van der Waals surface area contributed by atoms with Gasteiger partial charge in [-0.2, -0.15) is 0 Å². The summed E-state index contributed by atoms with van der Waals surface area (Å²) < 4.78 is 2.42. The van der Waals surface area contributed by atoms with E-state index in [1.165, 1.54) is 82.1 Å². The first-order chi connectivity index (χ1) is 22.7. The Kier molecular flexibility index (Phi) is 6.29. The van der Waals surface area contributed by atoms with Crippen LogP contribution in [0.2, 0.25) is 0 Å². The smallest absolute Gasteiger partial charge is 0.0541 e. The van der Waals surface area contributed by atoms with E-state index in [4.69, 9.17) is 0 Å². The minimum atomic E-state index is 1.06. The van der Waals surface area contributed by atoms with Gasteiger partial charge in [-0.05, 0) is 104 Å². The molecule has 1 aromatic heterocycles. The second-order valence-electron chi connectivity index (χ2n) is 11.9. The van der Waals surface area contributed by atoms with E-state index in [0.717, 1.165) is 5.57 Å². The first-order valence-electron chi connectivity index (χ1n) is 15.6. The number of para-hydroxylation sites is 1. The standard InChI is InChI=1S/C44H29NS/c1-29-36-15-4-2-11-31(36)24-25-46-44-23-21-35(27-39(29)44)33-14-8-13-32(26-33)34-20-22-43-40(28-34)38-17-6-7-18-42(38)45(43)41-19-9-12-30-10-3-5-16-37(30)41/h2-28H,1H2/b25-24-. The second kappa shape index (κ2) is 10.8. The average Bonchev–Trinajstić information content (AvgIpc) is 3.44. The molecule has 0 saturated carbocycles. The molecule has 0 unspecified atom stereocenters. The van der Waals surface area contributed by atoms with Crippen molar-refractivity contribution in [2.24, 2.45) is 0 Å². The van der Waals surface area contributed by atoms with E-state index in [-0.39, 0.29) is 0 Å². The van der Waals surface area contributed by atoms with Gasteiger partial charge in [0.25, 0.3) is 0 Å². The Hall–Kier alpha value is -5.57. The number of fused-ring (bicyclic) bond motifs is 6. The van der Waals surface area contributed by atoms with Crippen molar-refractivity contribution in [2.75, 3.05) is 0 Å². The van der Waals surface area contributed by atoms with E-state index in [1.807, 2.05) is 0 Å². The Labute approximate surface area is 272 Å². The highest BCUT2D eigenvalue weighted by atomic mass is 32.2. The summed E-state index contributed by atoms with van der Waals surface area (Å²) in [4.78, 5) is 1.23. The van der Waals surface area contributed by atoms with Crippen LogP contribution in [0, 0.1) is 0 Å². The molecule has 0 amide bonds. The van der Waals surface area contributed by atoms with E-state index in [2.05, 4.69) is 174 Å². The fourth-order valence-corrected chi connectivity index (χ4v) is 7.80. The van der Waals surface area contributed by atoms with Crippen molar-refractivity contribution in [3.8, 4) is 27.9 Å². The molecule has 0 spiro atoms. The van der Waals surface area contributed by atoms with Gasteiger partial charge >= 0.3 is 0 Å². The highest BCUT2D eigenvalue weighted by molar-refractivity contribution is 8.02. The lowest BCUT2D eigenvalue weighted by molar-refractivity contribution is 1.20. The molecule has 0 bridgehead atoms. The first kappa shape index (κ1) is 26.8. The van der Waals surface area contributed by atoms with Crippen molar-refractivity contribution >= 4 is 56.0 Å². The summed E-state index contributed by atoms with van der Waals surface area (Å²) in [6, 6.07) is 55.1. The Morgan fingerprint density at radius 3 is 2.07 bits per heavy atom. The van der Waals surface area contributed by atoms with Gasteiger partial charge in [-0.25, -0.2) is 0 Å². The van der Waals surface area contributed by atoms with Crippen LogP contribution in [0.1, 0.15) is 16.7 Å². The summed E-state index contributed by atoms with van der Waals surface area (Å²) in [5.41, 5.74) is 13.1. The van der Waals surface area contributed by atoms with Crippen molar-refractivity contribution in [3.05, 3.63) is 180 Å². The fourth-order valence-electron chi connectivity index (χ4n) is 6.98. The summed E-state index contributed by atoms with van der Waals surface area (Å²) in [6.07, 6.45) is 2.18. The number of rotatable bonds is 3. The van der Waals surface area contributed by atoms with Gasteiger partial charge in [0, 0.05) is 21.1 Å². The number of benzene rings is 7. The molecule has 2 heterocycles. The lowest BCUT2D eigenvalue weighted by Gasteiger charge is -2.17. The molecule has 46 heavy (non-hydrogen) atoms. The molecule has 9 rings (SSSR count). The van der Waals surface area contributed by atoms with E-state index in [1.54, 1.807) is 11.8 Å². The molecule has 0 radical (unpaired) electrons. The zero-order chi connectivity index (χ0) is 30.6. The summed E-state index contributed by atoms with van der Waals surface area (Å²) >= 11 is 1.75. The van der Waals surface area contributed by atoms with Crippen molar-refractivity contribution in [1.82, 2.24) is 4.57 Å². The lowest BCUT2D eigenvalue weighted by atomic mass is 9.92. The van der Waals surface area contributed by atoms with Gasteiger partial charge in [0.05, 0.1) is 16.7 Å². The predicted octanol–water partition coefficient (Wildman–Crippen LogP) is 12.4. The molecular formula is C44H29NS. The van der Waals surface area contributed by atoms with Crippen molar-refractivity contribution < 1.29 is 0 Å². The number of thioether (sulfide) groups is 1. The predicted molar refractivity (Wildman–Crippen MR) is 199 cm³/mol. The van der Waals surface area contributed by atoms with E-state index in [0.29, 0.717) is 0 Å². The summed E-state index contributed by atoms with van der Waals surface area (Å²) in [7, 11) is 0. The minimum absolute atomic E-state index is 1.06. The number of aromatic nitrogens is 1. The molecule has 0 aliphatic carbocycles. The van der Waals surface area contributed by atoms with Crippen LogP contribution in [0.3, 0.4) is 0 Å². The summed E-state index contributed by atoms with van der Waals surface area (Å²) in [5, 5.41) is 7.19. The van der Waals surface area contributed by atoms with Crippen LogP contribution < -0.4 is 0 Å². The van der Waals surface area contributed by atoms with Gasteiger partial charge in [0.1, 0.15) is 0 Å². The molecule has 1 aliphatic rings. The molecule has 1 nitrogen and oxygen atoms in total. The number of nitrogens with zero attached hydrogens (tertiary/aromatic N) is 1. The van der Waals surface area contributed by atoms with Gasteiger partial charge in [-0.3, -0.25) is 0 Å². The van der Waals surface area contributed by atoms with E-state index >= 15 is 0 Å². The summed E-state index contributed by atoms with van der Waals surface area (Å²) in [5.74, 6) is 0. The molecule has 0 atom stereocenters. The SMILES string of the molecule is C=C1c2ccccc2/C=C\Sc2ccc(-c3cccc(-c4ccc5c(c4)c4ccccc4n5-c4cccc5ccccc45)c3)cc21. The Bertz CT molecular complexity index is 2520. The van der Waals surface area contributed by atoms with E-state index in [9.17, 15) is 0 Å². The minimum Gasteiger partial charge on any atom is -0.309 e. The van der Waals surface area contributed by atoms with Gasteiger partial charge in [-0.1, -0.05) is 128 Å². The normalized spacial score (nSPS) is 13.3. The molecule has 0 saturated heterocycles. The second-order valence-corrected chi connectivity index (χ2v) is 12.8. The number of hydrogen-bond donors (Lipinski definition) is 0. The molecule has 7 aromatic carbocycles. The lowest BCUT2D eigenvalue weighted by Crippen LogP contribution is -1.95. The molecule has 216 valence electrons. The average molecular weight is 604 g/mol. The van der Waals surface area contributed by atoms with Crippen LogP contribution in [0.15, 0.2) is 169 Å². The third kappa shape index (κ3) is 4.34. The largest absolute Gasteiger partial charge is 0.309 e. The van der Waals surface area contributed by atoms with Crippen LogP contribution in [0.5, 0.6) is 0 Å². The molecule has 8 aromatic rings. The molecule has 0 N–H and O–H groups in total. The van der Waals surface area contributed by atoms with Gasteiger partial charge < -0.3 is 4.57 Å². The quantitative estimate of drug-likeness (QED) is 0.194. The molecule has 2 heteroatoms. The maximum Gasteiger partial charge on any atom is 0.0541 e. The van der Waals surface area contributed by atoms with Crippen LogP contribution in [-0.4, -0.2) is 4.57 Å². The van der Waals surface area contributed by atoms with Crippen LogP contribution in [-0.2, 0) is 0 Å². The molecular weight excluding hydrogens is 575 g/mol. The zero-order valence-electron chi connectivity index (χ0n) is 25.2. The Balaban J connectivity index is 1.16. The Morgan fingerprint density at radius 2 is 1.15 bits per heavy atom. The monoisotopic (exact) mass is 603 g/mol. The topological polar surface area (TPSA) is 4.93 Å². The molecule has 0 fully saturated rings. The van der Waals surface area contributed by atoms with Gasteiger partial charge in [0.15, 0.2) is 0 Å². The fraction of sp³-hybridized carbons (Fsp3) is 0. The van der Waals surface area contributed by atoms with Crippen molar-refractivity contribution in [2.45, 2.75) is 4.90 Å². The van der Waals surface area contributed by atoms with Crippen LogP contribution >= 0.6 is 11.8 Å². The van der Waals surface area contributed by atoms with Gasteiger partial charge in [0.2, 0.25) is 0 Å².